The molecule has 132 valence electrons. The molecule has 1 unspecified atom stereocenters. The second-order valence-electron chi connectivity index (χ2n) is 5.43. The van der Waals surface area contributed by atoms with Crippen LogP contribution in [0.4, 0.5) is 0 Å². The zero-order valence-corrected chi connectivity index (χ0v) is 15.2. The van der Waals surface area contributed by atoms with Crippen molar-refractivity contribution in [3.8, 4) is 0 Å². The third-order valence-electron chi connectivity index (χ3n) is 3.48. The highest BCUT2D eigenvalue weighted by Gasteiger charge is 2.34. The van der Waals surface area contributed by atoms with Gasteiger partial charge < -0.3 is 10.4 Å². The van der Waals surface area contributed by atoms with Crippen LogP contribution in [-0.4, -0.2) is 44.7 Å². The quantitative estimate of drug-likeness (QED) is 0.559. The SMILES string of the molecule is CCCC(NC(=O)CN1C(=O)/C(=C/c2ccccc2)SC1=S)C(=O)O. The van der Waals surface area contributed by atoms with Gasteiger partial charge in [0.1, 0.15) is 16.9 Å². The number of hydrogen-bond acceptors (Lipinski definition) is 5. The first-order valence-corrected chi connectivity index (χ1v) is 8.97. The van der Waals surface area contributed by atoms with E-state index in [2.05, 4.69) is 5.32 Å². The number of nitrogens with one attached hydrogen (secondary N) is 1. The molecule has 0 aromatic heterocycles. The Balaban J connectivity index is 2.04. The number of amides is 2. The first kappa shape index (κ1) is 19.1. The minimum Gasteiger partial charge on any atom is -0.480 e. The Morgan fingerprint density at radius 3 is 2.64 bits per heavy atom. The second kappa shape index (κ2) is 8.77. The summed E-state index contributed by atoms with van der Waals surface area (Å²) in [5.74, 6) is -1.99. The fraction of sp³-hybridized carbons (Fsp3) is 0.294. The highest BCUT2D eigenvalue weighted by Crippen LogP contribution is 2.32. The summed E-state index contributed by atoms with van der Waals surface area (Å²) < 4.78 is 0.282. The van der Waals surface area contributed by atoms with E-state index in [0.29, 0.717) is 17.7 Å². The lowest BCUT2D eigenvalue weighted by molar-refractivity contribution is -0.142. The van der Waals surface area contributed by atoms with Crippen molar-refractivity contribution in [1.82, 2.24) is 10.2 Å². The molecule has 1 saturated heterocycles. The lowest BCUT2D eigenvalue weighted by Gasteiger charge is -2.17. The van der Waals surface area contributed by atoms with Crippen molar-refractivity contribution in [3.63, 3.8) is 0 Å². The Labute approximate surface area is 155 Å². The molecule has 2 rings (SSSR count). The first-order valence-electron chi connectivity index (χ1n) is 7.75. The predicted octanol–water partition coefficient (Wildman–Crippen LogP) is 2.26. The lowest BCUT2D eigenvalue weighted by atomic mass is 10.1. The largest absolute Gasteiger partial charge is 0.480 e. The molecule has 8 heteroatoms. The van der Waals surface area contributed by atoms with Crippen LogP contribution < -0.4 is 5.32 Å². The summed E-state index contributed by atoms with van der Waals surface area (Å²) in [6.07, 6.45) is 2.67. The van der Waals surface area contributed by atoms with Gasteiger partial charge in [0.05, 0.1) is 4.91 Å². The van der Waals surface area contributed by atoms with Crippen LogP contribution >= 0.6 is 24.0 Å². The molecule has 1 atom stereocenters. The lowest BCUT2D eigenvalue weighted by Crippen LogP contribution is -2.46. The van der Waals surface area contributed by atoms with Crippen molar-refractivity contribution in [3.05, 3.63) is 40.8 Å². The number of thiocarbonyl (C=S) groups is 1. The highest BCUT2D eigenvalue weighted by molar-refractivity contribution is 8.26. The van der Waals surface area contributed by atoms with E-state index in [-0.39, 0.29) is 16.8 Å². The minimum absolute atomic E-state index is 0.282. The van der Waals surface area contributed by atoms with Crippen molar-refractivity contribution in [2.24, 2.45) is 0 Å². The van der Waals surface area contributed by atoms with E-state index < -0.39 is 17.9 Å². The second-order valence-corrected chi connectivity index (χ2v) is 7.10. The van der Waals surface area contributed by atoms with Crippen molar-refractivity contribution >= 4 is 52.2 Å². The number of carboxylic acid groups (broad SMARTS) is 1. The van der Waals surface area contributed by atoms with E-state index in [1.807, 2.05) is 37.3 Å². The van der Waals surface area contributed by atoms with E-state index in [1.165, 1.54) is 4.90 Å². The molecule has 0 bridgehead atoms. The predicted molar refractivity (Wildman–Crippen MR) is 101 cm³/mol. The van der Waals surface area contributed by atoms with Crippen LogP contribution in [0.5, 0.6) is 0 Å². The maximum atomic E-state index is 12.5. The molecular formula is C17H18N2O4S2. The topological polar surface area (TPSA) is 86.7 Å². The molecule has 1 fully saturated rings. The van der Waals surface area contributed by atoms with Crippen LogP contribution in [0.2, 0.25) is 0 Å². The van der Waals surface area contributed by atoms with Gasteiger partial charge in [0.15, 0.2) is 0 Å². The molecule has 0 spiro atoms. The Morgan fingerprint density at radius 1 is 1.36 bits per heavy atom. The van der Waals surface area contributed by atoms with Crippen molar-refractivity contribution in [1.29, 1.82) is 0 Å². The molecule has 0 aliphatic carbocycles. The van der Waals surface area contributed by atoms with Crippen LogP contribution in [0.1, 0.15) is 25.3 Å². The van der Waals surface area contributed by atoms with Gasteiger partial charge in [0.25, 0.3) is 5.91 Å². The standard InChI is InChI=1S/C17H18N2O4S2/c1-2-6-12(16(22)23)18-14(20)10-19-15(21)13(25-17(19)24)9-11-7-4-3-5-8-11/h3-5,7-9,12H,2,6,10H2,1H3,(H,18,20)(H,22,23)/b13-9-. The molecule has 1 aliphatic rings. The van der Waals surface area contributed by atoms with Gasteiger partial charge in [-0.2, -0.15) is 0 Å². The van der Waals surface area contributed by atoms with E-state index in [0.717, 1.165) is 17.3 Å². The average Bonchev–Trinajstić information content (AvgIpc) is 2.83. The van der Waals surface area contributed by atoms with Crippen LogP contribution in [-0.2, 0) is 14.4 Å². The van der Waals surface area contributed by atoms with Crippen LogP contribution in [0.25, 0.3) is 6.08 Å². The number of aliphatic carboxylic acids is 1. The first-order chi connectivity index (χ1) is 11.9. The maximum absolute atomic E-state index is 12.5. The zero-order valence-electron chi connectivity index (χ0n) is 13.6. The molecule has 1 aromatic rings. The van der Waals surface area contributed by atoms with Crippen molar-refractivity contribution < 1.29 is 19.5 Å². The Kier molecular flexibility index (Phi) is 6.72. The number of carbonyl (C=O) groups excluding carboxylic acids is 2. The molecule has 1 aromatic carbocycles. The van der Waals surface area contributed by atoms with E-state index in [4.69, 9.17) is 17.3 Å². The number of carboxylic acids is 1. The molecule has 0 radical (unpaired) electrons. The number of carbonyl (C=O) groups is 3. The van der Waals surface area contributed by atoms with Gasteiger partial charge in [-0.1, -0.05) is 67.7 Å². The van der Waals surface area contributed by atoms with Crippen LogP contribution in [0.3, 0.4) is 0 Å². The molecule has 2 amide bonds. The van der Waals surface area contributed by atoms with Gasteiger partial charge in [0, 0.05) is 0 Å². The fourth-order valence-electron chi connectivity index (χ4n) is 2.27. The average molecular weight is 378 g/mol. The number of benzene rings is 1. The van der Waals surface area contributed by atoms with Crippen molar-refractivity contribution in [2.75, 3.05) is 6.54 Å². The van der Waals surface area contributed by atoms with Gasteiger partial charge in [0.2, 0.25) is 5.91 Å². The van der Waals surface area contributed by atoms with E-state index in [9.17, 15) is 14.4 Å². The van der Waals surface area contributed by atoms with Crippen LogP contribution in [0, 0.1) is 0 Å². The molecule has 25 heavy (non-hydrogen) atoms. The Morgan fingerprint density at radius 2 is 2.04 bits per heavy atom. The molecule has 1 heterocycles. The normalized spacial score (nSPS) is 17.0. The summed E-state index contributed by atoms with van der Waals surface area (Å²) in [5.41, 5.74) is 0.862. The maximum Gasteiger partial charge on any atom is 0.326 e. The summed E-state index contributed by atoms with van der Waals surface area (Å²) in [6.45, 7) is 1.54. The smallest absolute Gasteiger partial charge is 0.326 e. The van der Waals surface area contributed by atoms with Crippen molar-refractivity contribution in [2.45, 2.75) is 25.8 Å². The summed E-state index contributed by atoms with van der Waals surface area (Å²) in [6, 6.07) is 8.36. The summed E-state index contributed by atoms with van der Waals surface area (Å²) in [7, 11) is 0. The third-order valence-corrected chi connectivity index (χ3v) is 4.86. The number of rotatable bonds is 7. The molecule has 1 aliphatic heterocycles. The third kappa shape index (κ3) is 5.14. The molecule has 0 saturated carbocycles. The van der Waals surface area contributed by atoms with Gasteiger partial charge in [-0.15, -0.1) is 0 Å². The molecule has 6 nitrogen and oxygen atoms in total. The summed E-state index contributed by atoms with van der Waals surface area (Å²) >= 11 is 6.30. The molecule has 2 N–H and O–H groups in total. The molecular weight excluding hydrogens is 360 g/mol. The zero-order chi connectivity index (χ0) is 18.4. The van der Waals surface area contributed by atoms with Gasteiger partial charge in [-0.25, -0.2) is 4.79 Å². The van der Waals surface area contributed by atoms with E-state index in [1.54, 1.807) is 6.08 Å². The number of nitrogens with zero attached hydrogens (tertiary/aromatic N) is 1. The number of thioether (sulfide) groups is 1. The fourth-order valence-corrected chi connectivity index (χ4v) is 3.52. The van der Waals surface area contributed by atoms with Gasteiger partial charge in [-0.05, 0) is 18.1 Å². The highest BCUT2D eigenvalue weighted by atomic mass is 32.2. The van der Waals surface area contributed by atoms with Crippen LogP contribution in [0.15, 0.2) is 35.2 Å². The number of hydrogen-bond donors (Lipinski definition) is 2. The van der Waals surface area contributed by atoms with Gasteiger partial charge in [-0.3, -0.25) is 14.5 Å². The van der Waals surface area contributed by atoms with Gasteiger partial charge >= 0.3 is 5.97 Å². The monoisotopic (exact) mass is 378 g/mol. The summed E-state index contributed by atoms with van der Waals surface area (Å²) in [4.78, 5) is 37.3. The minimum atomic E-state index is -1.09. The Bertz CT molecular complexity index is 719. The Hall–Kier alpha value is -2.19. The summed E-state index contributed by atoms with van der Waals surface area (Å²) in [5, 5.41) is 11.5. The van der Waals surface area contributed by atoms with E-state index >= 15 is 0 Å².